The maximum absolute atomic E-state index is 13.4. The van der Waals surface area contributed by atoms with Gasteiger partial charge in [0.15, 0.2) is 0 Å². The van der Waals surface area contributed by atoms with Crippen molar-refractivity contribution in [3.8, 4) is 0 Å². The number of hydrogen-bond donors (Lipinski definition) is 3. The molecular formula is C18H20F2N2O2. The summed E-state index contributed by atoms with van der Waals surface area (Å²) in [6.07, 6.45) is -0.0713. The largest absolute Gasteiger partial charge is 0.391 e. The minimum Gasteiger partial charge on any atom is -0.391 e. The maximum atomic E-state index is 13.4. The highest BCUT2D eigenvalue weighted by Gasteiger charge is 2.08. The average molecular weight is 334 g/mol. The number of nitrogens with one attached hydrogen (secondary N) is 2. The molecule has 2 rings (SSSR count). The summed E-state index contributed by atoms with van der Waals surface area (Å²) in [7, 11) is 0. The molecule has 24 heavy (non-hydrogen) atoms. The summed E-state index contributed by atoms with van der Waals surface area (Å²) in [6.45, 7) is 0.274. The monoisotopic (exact) mass is 334 g/mol. The Bertz CT molecular complexity index is 665. The van der Waals surface area contributed by atoms with Crippen molar-refractivity contribution in [2.24, 2.45) is 0 Å². The van der Waals surface area contributed by atoms with Crippen LogP contribution in [0.25, 0.3) is 0 Å². The quantitative estimate of drug-likeness (QED) is 0.728. The van der Waals surface area contributed by atoms with Crippen molar-refractivity contribution < 1.29 is 18.7 Å². The lowest BCUT2D eigenvalue weighted by Crippen LogP contribution is -2.41. The van der Waals surface area contributed by atoms with E-state index in [2.05, 4.69) is 10.6 Å². The van der Waals surface area contributed by atoms with E-state index >= 15 is 0 Å². The van der Waals surface area contributed by atoms with Crippen LogP contribution in [0.3, 0.4) is 0 Å². The second-order valence-corrected chi connectivity index (χ2v) is 5.47. The lowest BCUT2D eigenvalue weighted by molar-refractivity contribution is 0.170. The number of aliphatic hydroxyl groups is 1. The minimum atomic E-state index is -0.696. The number of rotatable bonds is 7. The van der Waals surface area contributed by atoms with Crippen molar-refractivity contribution in [3.05, 3.63) is 71.3 Å². The zero-order chi connectivity index (χ0) is 17.4. The second-order valence-electron chi connectivity index (χ2n) is 5.47. The predicted molar refractivity (Wildman–Crippen MR) is 87.6 cm³/mol. The molecule has 0 aliphatic carbocycles. The molecular weight excluding hydrogens is 314 g/mol. The zero-order valence-electron chi connectivity index (χ0n) is 13.1. The molecule has 0 fully saturated rings. The fraction of sp³-hybridized carbons (Fsp3) is 0.278. The fourth-order valence-electron chi connectivity index (χ4n) is 2.28. The lowest BCUT2D eigenvalue weighted by Gasteiger charge is -2.13. The first-order valence-electron chi connectivity index (χ1n) is 7.72. The standard InChI is InChI=1S/C18H20F2N2O2/c19-15-6-7-17(20)14(11-15)8-9-21-18(24)22-12-16(23)10-13-4-2-1-3-5-13/h1-7,11,16,23H,8-10,12H2,(H2,21,22,24). The van der Waals surface area contributed by atoms with Gasteiger partial charge in [0.05, 0.1) is 6.10 Å². The van der Waals surface area contributed by atoms with E-state index in [1.165, 1.54) is 0 Å². The summed E-state index contributed by atoms with van der Waals surface area (Å²) in [5, 5.41) is 15.0. The fourth-order valence-corrected chi connectivity index (χ4v) is 2.28. The number of carbonyl (C=O) groups excluding carboxylic acids is 1. The molecule has 4 nitrogen and oxygen atoms in total. The van der Waals surface area contributed by atoms with Crippen LogP contribution in [0.15, 0.2) is 48.5 Å². The molecule has 0 saturated heterocycles. The van der Waals surface area contributed by atoms with E-state index in [1.807, 2.05) is 30.3 Å². The summed E-state index contributed by atoms with van der Waals surface area (Å²) >= 11 is 0. The third kappa shape index (κ3) is 5.96. The van der Waals surface area contributed by atoms with Crippen molar-refractivity contribution in [2.45, 2.75) is 18.9 Å². The van der Waals surface area contributed by atoms with Gasteiger partial charge < -0.3 is 15.7 Å². The van der Waals surface area contributed by atoms with Gasteiger partial charge in [0.2, 0.25) is 0 Å². The lowest BCUT2D eigenvalue weighted by atomic mass is 10.1. The smallest absolute Gasteiger partial charge is 0.314 e. The molecule has 0 radical (unpaired) electrons. The molecule has 0 saturated carbocycles. The Morgan fingerprint density at radius 3 is 2.58 bits per heavy atom. The molecule has 3 N–H and O–H groups in total. The van der Waals surface area contributed by atoms with E-state index < -0.39 is 23.8 Å². The highest BCUT2D eigenvalue weighted by molar-refractivity contribution is 5.73. The molecule has 0 aliphatic heterocycles. The highest BCUT2D eigenvalue weighted by atomic mass is 19.1. The summed E-state index contributed by atoms with van der Waals surface area (Å²) < 4.78 is 26.5. The first kappa shape index (κ1) is 17.9. The number of amides is 2. The molecule has 6 heteroatoms. The average Bonchev–Trinajstić information content (AvgIpc) is 2.57. The third-order valence-corrected chi connectivity index (χ3v) is 3.50. The van der Waals surface area contributed by atoms with Gasteiger partial charge >= 0.3 is 6.03 Å². The van der Waals surface area contributed by atoms with Crippen LogP contribution in [-0.4, -0.2) is 30.3 Å². The third-order valence-electron chi connectivity index (χ3n) is 3.50. The molecule has 0 aromatic heterocycles. The van der Waals surface area contributed by atoms with E-state index in [0.29, 0.717) is 6.42 Å². The van der Waals surface area contributed by atoms with Crippen molar-refractivity contribution >= 4 is 6.03 Å². The predicted octanol–water partition coefficient (Wildman–Crippen LogP) is 2.41. The van der Waals surface area contributed by atoms with Crippen LogP contribution in [0.5, 0.6) is 0 Å². The normalized spacial score (nSPS) is 11.8. The van der Waals surface area contributed by atoms with Gasteiger partial charge in [-0.25, -0.2) is 13.6 Å². The number of hydrogen-bond acceptors (Lipinski definition) is 2. The molecule has 2 aromatic rings. The van der Waals surface area contributed by atoms with Crippen LogP contribution in [0.4, 0.5) is 13.6 Å². The first-order chi connectivity index (χ1) is 11.5. The van der Waals surface area contributed by atoms with Crippen molar-refractivity contribution in [1.82, 2.24) is 10.6 Å². The van der Waals surface area contributed by atoms with Gasteiger partial charge in [0.1, 0.15) is 11.6 Å². The van der Waals surface area contributed by atoms with E-state index in [0.717, 1.165) is 23.8 Å². The first-order valence-corrected chi connectivity index (χ1v) is 7.72. The molecule has 1 atom stereocenters. The summed E-state index contributed by atoms with van der Waals surface area (Å²) in [4.78, 5) is 11.6. The minimum absolute atomic E-state index is 0.106. The van der Waals surface area contributed by atoms with Crippen LogP contribution >= 0.6 is 0 Å². The number of urea groups is 1. The van der Waals surface area contributed by atoms with Crippen molar-refractivity contribution in [1.29, 1.82) is 0 Å². The summed E-state index contributed by atoms with van der Waals surface area (Å²) in [5.41, 5.74) is 1.19. The topological polar surface area (TPSA) is 61.4 Å². The molecule has 0 bridgehead atoms. The van der Waals surface area contributed by atoms with E-state index in [4.69, 9.17) is 0 Å². The van der Waals surface area contributed by atoms with E-state index in [9.17, 15) is 18.7 Å². The van der Waals surface area contributed by atoms with Gasteiger partial charge in [-0.05, 0) is 35.7 Å². The molecule has 128 valence electrons. The Kier molecular flexibility index (Phi) is 6.69. The van der Waals surface area contributed by atoms with Gasteiger partial charge in [-0.1, -0.05) is 30.3 Å². The second kappa shape index (κ2) is 8.98. The van der Waals surface area contributed by atoms with Crippen LogP contribution in [0, 0.1) is 11.6 Å². The van der Waals surface area contributed by atoms with Crippen LogP contribution in [-0.2, 0) is 12.8 Å². The number of carbonyl (C=O) groups is 1. The molecule has 2 aromatic carbocycles. The van der Waals surface area contributed by atoms with Crippen LogP contribution < -0.4 is 10.6 Å². The zero-order valence-corrected chi connectivity index (χ0v) is 13.1. The SMILES string of the molecule is O=C(NCCc1cc(F)ccc1F)NCC(O)Cc1ccccc1. The van der Waals surface area contributed by atoms with Gasteiger partial charge in [-0.3, -0.25) is 0 Å². The van der Waals surface area contributed by atoms with Crippen LogP contribution in [0.1, 0.15) is 11.1 Å². The Balaban J connectivity index is 1.67. The number of benzene rings is 2. The Morgan fingerprint density at radius 1 is 1.08 bits per heavy atom. The molecule has 2 amide bonds. The van der Waals surface area contributed by atoms with Gasteiger partial charge in [0.25, 0.3) is 0 Å². The van der Waals surface area contributed by atoms with E-state index in [-0.39, 0.29) is 25.1 Å². The molecule has 0 heterocycles. The van der Waals surface area contributed by atoms with Gasteiger partial charge in [0, 0.05) is 19.5 Å². The highest BCUT2D eigenvalue weighted by Crippen LogP contribution is 2.09. The van der Waals surface area contributed by atoms with Gasteiger partial charge in [-0.15, -0.1) is 0 Å². The molecule has 0 spiro atoms. The number of halogens is 2. The molecule has 1 unspecified atom stereocenters. The summed E-state index contributed by atoms with van der Waals surface area (Å²) in [6, 6.07) is 12.2. The number of aliphatic hydroxyl groups excluding tert-OH is 1. The Morgan fingerprint density at radius 2 is 1.83 bits per heavy atom. The van der Waals surface area contributed by atoms with Crippen molar-refractivity contribution in [2.75, 3.05) is 13.1 Å². The van der Waals surface area contributed by atoms with Gasteiger partial charge in [-0.2, -0.15) is 0 Å². The maximum Gasteiger partial charge on any atom is 0.314 e. The van der Waals surface area contributed by atoms with Crippen LogP contribution in [0.2, 0.25) is 0 Å². The van der Waals surface area contributed by atoms with E-state index in [1.54, 1.807) is 0 Å². The summed E-state index contributed by atoms with van der Waals surface area (Å²) in [5.74, 6) is -1.02. The Labute approximate surface area is 139 Å². The Hall–Kier alpha value is -2.47. The van der Waals surface area contributed by atoms with Crippen molar-refractivity contribution in [3.63, 3.8) is 0 Å². The molecule has 0 aliphatic rings.